The second-order valence-electron chi connectivity index (χ2n) is 6.21. The van der Waals surface area contributed by atoms with E-state index in [1.54, 1.807) is 12.1 Å². The number of aryl methyl sites for hydroxylation is 1. The Bertz CT molecular complexity index is 565. The fraction of sp³-hybridized carbons (Fsp3) is 0.500. The van der Waals surface area contributed by atoms with E-state index in [1.807, 2.05) is 39.8 Å². The lowest BCUT2D eigenvalue weighted by Gasteiger charge is -2.13. The van der Waals surface area contributed by atoms with Crippen LogP contribution in [0.1, 0.15) is 32.8 Å². The molecule has 0 spiro atoms. The highest BCUT2D eigenvalue weighted by Crippen LogP contribution is 2.16. The molecule has 0 fully saturated rings. The van der Waals surface area contributed by atoms with E-state index in [0.29, 0.717) is 6.42 Å². The molecule has 1 aromatic carbocycles. The fourth-order valence-corrected chi connectivity index (χ4v) is 2.53. The molecule has 1 atom stereocenters. The van der Waals surface area contributed by atoms with Crippen LogP contribution >= 0.6 is 0 Å². The maximum Gasteiger partial charge on any atom is 0.297 e. The summed E-state index contributed by atoms with van der Waals surface area (Å²) in [5.74, 6) is 0. The van der Waals surface area contributed by atoms with Crippen molar-refractivity contribution in [3.05, 3.63) is 42.0 Å². The number of rotatable bonds is 6. The van der Waals surface area contributed by atoms with E-state index < -0.39 is 16.2 Å². The van der Waals surface area contributed by atoms with Crippen LogP contribution in [0.15, 0.2) is 41.3 Å². The SMILES string of the molecule is Cc1ccc(S(=O)(=O)OCC(O)C/C=C\C(C)(C)C)cc1. The Balaban J connectivity index is 2.54. The Labute approximate surface area is 127 Å². The minimum atomic E-state index is -3.81. The van der Waals surface area contributed by atoms with E-state index in [0.717, 1.165) is 5.56 Å². The predicted molar refractivity (Wildman–Crippen MR) is 83.5 cm³/mol. The molecule has 0 radical (unpaired) electrons. The van der Waals surface area contributed by atoms with E-state index in [2.05, 4.69) is 0 Å². The van der Waals surface area contributed by atoms with Crippen molar-refractivity contribution >= 4 is 10.1 Å². The van der Waals surface area contributed by atoms with E-state index in [1.165, 1.54) is 12.1 Å². The molecule has 0 heterocycles. The van der Waals surface area contributed by atoms with E-state index in [-0.39, 0.29) is 16.9 Å². The molecule has 21 heavy (non-hydrogen) atoms. The molecule has 0 amide bonds. The lowest BCUT2D eigenvalue weighted by Crippen LogP contribution is -2.18. The van der Waals surface area contributed by atoms with Crippen molar-refractivity contribution in [3.8, 4) is 0 Å². The monoisotopic (exact) mass is 312 g/mol. The maximum absolute atomic E-state index is 11.9. The molecule has 0 saturated heterocycles. The molecule has 5 heteroatoms. The molecule has 0 saturated carbocycles. The van der Waals surface area contributed by atoms with Crippen molar-refractivity contribution < 1.29 is 17.7 Å². The van der Waals surface area contributed by atoms with Gasteiger partial charge in [-0.15, -0.1) is 0 Å². The topological polar surface area (TPSA) is 63.6 Å². The zero-order valence-corrected chi connectivity index (χ0v) is 13.9. The van der Waals surface area contributed by atoms with Crippen LogP contribution in [0, 0.1) is 12.3 Å². The van der Waals surface area contributed by atoms with Crippen LogP contribution in [0.4, 0.5) is 0 Å². The third-order valence-electron chi connectivity index (χ3n) is 2.75. The van der Waals surface area contributed by atoms with Crippen LogP contribution in [0.25, 0.3) is 0 Å². The second-order valence-corrected chi connectivity index (χ2v) is 7.82. The van der Waals surface area contributed by atoms with Crippen molar-refractivity contribution in [2.75, 3.05) is 6.61 Å². The molecule has 4 nitrogen and oxygen atoms in total. The number of hydrogen-bond donors (Lipinski definition) is 1. The van der Waals surface area contributed by atoms with Crippen molar-refractivity contribution in [2.45, 2.75) is 45.1 Å². The van der Waals surface area contributed by atoms with E-state index in [4.69, 9.17) is 4.18 Å². The zero-order chi connectivity index (χ0) is 16.1. The Morgan fingerprint density at radius 3 is 2.33 bits per heavy atom. The molecule has 1 rings (SSSR count). The van der Waals surface area contributed by atoms with Crippen LogP contribution in [0.5, 0.6) is 0 Å². The predicted octanol–water partition coefficient (Wildman–Crippen LogP) is 3.05. The summed E-state index contributed by atoms with van der Waals surface area (Å²) in [6, 6.07) is 6.41. The van der Waals surface area contributed by atoms with Gasteiger partial charge >= 0.3 is 0 Å². The van der Waals surface area contributed by atoms with Crippen molar-refractivity contribution in [1.82, 2.24) is 0 Å². The highest BCUT2D eigenvalue weighted by atomic mass is 32.2. The van der Waals surface area contributed by atoms with Gasteiger partial charge in [0.2, 0.25) is 0 Å². The molecular formula is C16H24O4S. The third kappa shape index (κ3) is 6.89. The van der Waals surface area contributed by atoms with Crippen LogP contribution in [0.3, 0.4) is 0 Å². The maximum atomic E-state index is 11.9. The Morgan fingerprint density at radius 1 is 1.24 bits per heavy atom. The molecule has 0 aromatic heterocycles. The largest absolute Gasteiger partial charge is 0.390 e. The van der Waals surface area contributed by atoms with Gasteiger partial charge in [-0.1, -0.05) is 50.6 Å². The molecule has 0 aliphatic rings. The Kier molecular flexibility index (Phi) is 6.13. The van der Waals surface area contributed by atoms with Gasteiger partial charge in [0, 0.05) is 0 Å². The summed E-state index contributed by atoms with van der Waals surface area (Å²) in [5, 5.41) is 9.76. The first-order valence-corrected chi connectivity index (χ1v) is 8.33. The van der Waals surface area contributed by atoms with Crippen molar-refractivity contribution in [1.29, 1.82) is 0 Å². The first kappa shape index (κ1) is 17.9. The molecule has 1 unspecified atom stereocenters. The molecule has 118 valence electrons. The third-order valence-corrected chi connectivity index (χ3v) is 4.05. The van der Waals surface area contributed by atoms with Crippen LogP contribution in [0.2, 0.25) is 0 Å². The van der Waals surface area contributed by atoms with Crippen LogP contribution in [-0.4, -0.2) is 26.2 Å². The summed E-state index contributed by atoms with van der Waals surface area (Å²) in [6.07, 6.45) is 3.33. The zero-order valence-electron chi connectivity index (χ0n) is 13.0. The first-order chi connectivity index (χ1) is 9.60. The molecule has 0 aliphatic carbocycles. The van der Waals surface area contributed by atoms with Gasteiger partial charge in [-0.05, 0) is 30.9 Å². The minimum absolute atomic E-state index is 0.0363. The summed E-state index contributed by atoms with van der Waals surface area (Å²) in [7, 11) is -3.81. The van der Waals surface area contributed by atoms with Crippen LogP contribution < -0.4 is 0 Å². The summed E-state index contributed by atoms with van der Waals surface area (Å²) in [4.78, 5) is 0.102. The van der Waals surface area contributed by atoms with Gasteiger partial charge in [-0.25, -0.2) is 0 Å². The Morgan fingerprint density at radius 2 is 1.81 bits per heavy atom. The highest BCUT2D eigenvalue weighted by Gasteiger charge is 2.17. The van der Waals surface area contributed by atoms with E-state index in [9.17, 15) is 13.5 Å². The van der Waals surface area contributed by atoms with E-state index >= 15 is 0 Å². The standard InChI is InChI=1S/C16H24O4S/c1-13-7-9-15(10-8-13)21(18,19)20-12-14(17)6-5-11-16(2,3)4/h5,7-11,14,17H,6,12H2,1-4H3/b11-5-. The summed E-state index contributed by atoms with van der Waals surface area (Å²) >= 11 is 0. The number of aliphatic hydroxyl groups is 1. The summed E-state index contributed by atoms with van der Waals surface area (Å²) in [6.45, 7) is 7.78. The van der Waals surface area contributed by atoms with Crippen molar-refractivity contribution in [2.24, 2.45) is 5.41 Å². The van der Waals surface area contributed by atoms with Gasteiger partial charge in [0.05, 0.1) is 17.6 Å². The second kappa shape index (κ2) is 7.20. The molecule has 1 aromatic rings. The highest BCUT2D eigenvalue weighted by molar-refractivity contribution is 7.86. The van der Waals surface area contributed by atoms with Crippen molar-refractivity contribution in [3.63, 3.8) is 0 Å². The van der Waals surface area contributed by atoms with Gasteiger partial charge in [-0.3, -0.25) is 4.18 Å². The Hall–Kier alpha value is -1.17. The van der Waals surface area contributed by atoms with Gasteiger partial charge in [0.15, 0.2) is 0 Å². The molecule has 0 bridgehead atoms. The lowest BCUT2D eigenvalue weighted by atomic mass is 9.96. The number of allylic oxidation sites excluding steroid dienone is 1. The number of benzene rings is 1. The normalized spacial score (nSPS) is 14.5. The average Bonchev–Trinajstić information content (AvgIpc) is 2.35. The molecule has 0 aliphatic heterocycles. The lowest BCUT2D eigenvalue weighted by molar-refractivity contribution is 0.113. The van der Waals surface area contributed by atoms with Gasteiger partial charge < -0.3 is 5.11 Å². The fourth-order valence-electron chi connectivity index (χ4n) is 1.59. The van der Waals surface area contributed by atoms with Gasteiger partial charge in [0.25, 0.3) is 10.1 Å². The average molecular weight is 312 g/mol. The quantitative estimate of drug-likeness (QED) is 0.648. The minimum Gasteiger partial charge on any atom is -0.390 e. The summed E-state index contributed by atoms with van der Waals surface area (Å²) < 4.78 is 28.7. The molecule has 1 N–H and O–H groups in total. The smallest absolute Gasteiger partial charge is 0.297 e. The van der Waals surface area contributed by atoms with Gasteiger partial charge in [-0.2, -0.15) is 8.42 Å². The molecular weight excluding hydrogens is 288 g/mol. The summed E-state index contributed by atoms with van der Waals surface area (Å²) in [5.41, 5.74) is 1.01. The number of aliphatic hydroxyl groups excluding tert-OH is 1. The number of hydrogen-bond acceptors (Lipinski definition) is 4. The first-order valence-electron chi connectivity index (χ1n) is 6.92. The van der Waals surface area contributed by atoms with Crippen LogP contribution in [-0.2, 0) is 14.3 Å². The van der Waals surface area contributed by atoms with Gasteiger partial charge in [0.1, 0.15) is 0 Å².